The van der Waals surface area contributed by atoms with E-state index in [2.05, 4.69) is 25.9 Å². The van der Waals surface area contributed by atoms with Gasteiger partial charge >= 0.3 is 0 Å². The predicted octanol–water partition coefficient (Wildman–Crippen LogP) is 1.97. The van der Waals surface area contributed by atoms with Crippen molar-refractivity contribution in [2.75, 3.05) is 18.4 Å². The first-order valence-corrected chi connectivity index (χ1v) is 10.8. The van der Waals surface area contributed by atoms with E-state index in [1.807, 2.05) is 31.2 Å². The second-order valence-corrected chi connectivity index (χ2v) is 8.70. The quantitative estimate of drug-likeness (QED) is 0.454. The molecule has 0 saturated heterocycles. The lowest BCUT2D eigenvalue weighted by molar-refractivity contribution is -0.118. The summed E-state index contributed by atoms with van der Waals surface area (Å²) in [5.41, 5.74) is 1.76. The minimum Gasteiger partial charge on any atom is -0.368 e. The number of sulfone groups is 1. The fraction of sp³-hybridized carbons (Fsp3) is 0.200. The van der Waals surface area contributed by atoms with Crippen LogP contribution < -0.4 is 10.6 Å². The van der Waals surface area contributed by atoms with Gasteiger partial charge in [0.1, 0.15) is 5.82 Å². The van der Waals surface area contributed by atoms with Crippen LogP contribution in [-0.4, -0.2) is 47.2 Å². The van der Waals surface area contributed by atoms with Crippen LogP contribution >= 0.6 is 0 Å². The van der Waals surface area contributed by atoms with Crippen molar-refractivity contribution in [1.29, 1.82) is 0 Å². The van der Waals surface area contributed by atoms with Gasteiger partial charge in [0.25, 0.3) is 0 Å². The molecule has 1 amide bonds. The highest BCUT2D eigenvalue weighted by atomic mass is 32.2. The van der Waals surface area contributed by atoms with Gasteiger partial charge in [-0.15, -0.1) is 5.10 Å². The van der Waals surface area contributed by atoms with E-state index in [1.54, 1.807) is 24.3 Å². The zero-order valence-electron chi connectivity index (χ0n) is 16.5. The Bertz CT molecular complexity index is 1350. The lowest BCUT2D eigenvalue weighted by atomic mass is 10.2. The average molecular weight is 424 g/mol. The number of hydrogen-bond donors (Lipinski definition) is 2. The second-order valence-electron chi connectivity index (χ2n) is 6.83. The predicted molar refractivity (Wildman–Crippen MR) is 112 cm³/mol. The van der Waals surface area contributed by atoms with Gasteiger partial charge in [-0.05, 0) is 31.2 Å². The SMILES string of the molecule is CC(=O)NCCNc1nc2c(S(=O)(=O)c3ccc(C)cc3)nnn2c2ccccc12. The van der Waals surface area contributed by atoms with Crippen molar-refractivity contribution in [2.45, 2.75) is 23.8 Å². The minimum atomic E-state index is -3.90. The fourth-order valence-corrected chi connectivity index (χ4v) is 4.34. The molecule has 0 fully saturated rings. The first-order chi connectivity index (χ1) is 14.4. The summed E-state index contributed by atoms with van der Waals surface area (Å²) in [6.07, 6.45) is 0. The smallest absolute Gasteiger partial charge is 0.229 e. The zero-order chi connectivity index (χ0) is 21.3. The third-order valence-electron chi connectivity index (χ3n) is 4.60. The molecule has 0 atom stereocenters. The maximum absolute atomic E-state index is 13.2. The van der Waals surface area contributed by atoms with E-state index in [0.717, 1.165) is 10.9 Å². The van der Waals surface area contributed by atoms with E-state index in [1.165, 1.54) is 11.4 Å². The summed E-state index contributed by atoms with van der Waals surface area (Å²) in [7, 11) is -3.90. The Labute approximate surface area is 173 Å². The van der Waals surface area contributed by atoms with Crippen molar-refractivity contribution < 1.29 is 13.2 Å². The Morgan fingerprint density at radius 1 is 1.07 bits per heavy atom. The molecule has 2 aromatic carbocycles. The topological polar surface area (TPSA) is 118 Å². The molecule has 0 aliphatic carbocycles. The van der Waals surface area contributed by atoms with E-state index < -0.39 is 9.84 Å². The normalized spacial score (nSPS) is 11.7. The van der Waals surface area contributed by atoms with Gasteiger partial charge in [0.15, 0.2) is 5.65 Å². The standard InChI is InChI=1S/C20H20N6O3S/c1-13-7-9-15(10-8-13)30(28,29)20-19-23-18(22-12-11-21-14(2)27)16-5-3-4-6-17(16)26(19)25-24-20/h3-10H,11-12H2,1-2H3,(H,21,27)(H,22,23). The molecule has 2 heterocycles. The van der Waals surface area contributed by atoms with E-state index in [4.69, 9.17) is 0 Å². The van der Waals surface area contributed by atoms with Crippen LogP contribution in [0.2, 0.25) is 0 Å². The summed E-state index contributed by atoms with van der Waals surface area (Å²) in [5.74, 6) is 0.364. The van der Waals surface area contributed by atoms with Crippen molar-refractivity contribution in [1.82, 2.24) is 25.1 Å². The average Bonchev–Trinajstić information content (AvgIpc) is 3.16. The molecule has 30 heavy (non-hydrogen) atoms. The Morgan fingerprint density at radius 3 is 2.53 bits per heavy atom. The monoisotopic (exact) mass is 424 g/mol. The van der Waals surface area contributed by atoms with Crippen LogP contribution in [0.5, 0.6) is 0 Å². The van der Waals surface area contributed by atoms with E-state index in [-0.39, 0.29) is 21.5 Å². The number of hydrogen-bond acceptors (Lipinski definition) is 7. The molecular weight excluding hydrogens is 404 g/mol. The van der Waals surface area contributed by atoms with Crippen molar-refractivity contribution in [3.05, 3.63) is 54.1 Å². The van der Waals surface area contributed by atoms with Crippen LogP contribution in [0.1, 0.15) is 12.5 Å². The molecule has 2 N–H and O–H groups in total. The molecule has 0 saturated carbocycles. The molecule has 0 aliphatic heterocycles. The van der Waals surface area contributed by atoms with Crippen molar-refractivity contribution in [2.24, 2.45) is 0 Å². The van der Waals surface area contributed by atoms with Gasteiger partial charge < -0.3 is 10.6 Å². The Morgan fingerprint density at radius 2 is 1.80 bits per heavy atom. The van der Waals surface area contributed by atoms with Crippen LogP contribution in [-0.2, 0) is 14.6 Å². The van der Waals surface area contributed by atoms with Gasteiger partial charge in [-0.1, -0.05) is 35.0 Å². The van der Waals surface area contributed by atoms with Crippen LogP contribution in [0.25, 0.3) is 16.6 Å². The van der Waals surface area contributed by atoms with Crippen LogP contribution in [0.15, 0.2) is 58.5 Å². The van der Waals surface area contributed by atoms with Crippen molar-refractivity contribution in [3.8, 4) is 0 Å². The number of anilines is 1. The summed E-state index contributed by atoms with van der Waals surface area (Å²) in [6, 6.07) is 13.9. The van der Waals surface area contributed by atoms with Gasteiger partial charge in [-0.2, -0.15) is 4.52 Å². The van der Waals surface area contributed by atoms with Crippen LogP contribution in [0, 0.1) is 6.92 Å². The summed E-state index contributed by atoms with van der Waals surface area (Å²) < 4.78 is 27.8. The Hall–Kier alpha value is -3.53. The van der Waals surface area contributed by atoms with Crippen LogP contribution in [0.3, 0.4) is 0 Å². The second kappa shape index (κ2) is 7.71. The van der Waals surface area contributed by atoms with Gasteiger partial charge in [0.05, 0.1) is 10.4 Å². The third kappa shape index (κ3) is 3.57. The first kappa shape index (κ1) is 19.8. The molecule has 0 radical (unpaired) electrons. The number of carbonyl (C=O) groups excluding carboxylic acids is 1. The third-order valence-corrected chi connectivity index (χ3v) is 6.27. The molecule has 4 aromatic rings. The van der Waals surface area contributed by atoms with Gasteiger partial charge in [0, 0.05) is 25.4 Å². The molecule has 10 heteroatoms. The molecule has 0 unspecified atom stereocenters. The maximum Gasteiger partial charge on any atom is 0.229 e. The molecule has 154 valence electrons. The highest BCUT2D eigenvalue weighted by Crippen LogP contribution is 2.27. The molecule has 2 aromatic heterocycles. The Balaban J connectivity index is 1.83. The number of carbonyl (C=O) groups is 1. The van der Waals surface area contributed by atoms with Gasteiger partial charge in [0.2, 0.25) is 20.8 Å². The lowest BCUT2D eigenvalue weighted by Crippen LogP contribution is -2.26. The summed E-state index contributed by atoms with van der Waals surface area (Å²) >= 11 is 0. The van der Waals surface area contributed by atoms with Crippen molar-refractivity contribution in [3.63, 3.8) is 0 Å². The lowest BCUT2D eigenvalue weighted by Gasteiger charge is -2.10. The number of rotatable bonds is 6. The molecule has 9 nitrogen and oxygen atoms in total. The Kier molecular flexibility index (Phi) is 5.08. The van der Waals surface area contributed by atoms with Crippen LogP contribution in [0.4, 0.5) is 5.82 Å². The first-order valence-electron chi connectivity index (χ1n) is 9.32. The number of amides is 1. The number of benzene rings is 2. The number of fused-ring (bicyclic) bond motifs is 3. The summed E-state index contributed by atoms with van der Waals surface area (Å²) in [5, 5.41) is 14.4. The summed E-state index contributed by atoms with van der Waals surface area (Å²) in [4.78, 5) is 15.7. The van der Waals surface area contributed by atoms with Gasteiger partial charge in [-0.25, -0.2) is 13.4 Å². The molecule has 0 bridgehead atoms. The molecular formula is C20H20N6O3S. The number of para-hydroxylation sites is 1. The number of nitrogens with one attached hydrogen (secondary N) is 2. The maximum atomic E-state index is 13.2. The number of nitrogens with zero attached hydrogens (tertiary/aromatic N) is 4. The highest BCUT2D eigenvalue weighted by Gasteiger charge is 2.27. The van der Waals surface area contributed by atoms with Crippen molar-refractivity contribution >= 4 is 38.1 Å². The molecule has 0 aliphatic rings. The molecule has 0 spiro atoms. The van der Waals surface area contributed by atoms with Gasteiger partial charge in [-0.3, -0.25) is 4.79 Å². The minimum absolute atomic E-state index is 0.128. The van der Waals surface area contributed by atoms with E-state index >= 15 is 0 Å². The van der Waals surface area contributed by atoms with E-state index in [0.29, 0.717) is 24.4 Å². The number of aryl methyl sites for hydroxylation is 1. The largest absolute Gasteiger partial charge is 0.368 e. The number of aromatic nitrogens is 4. The zero-order valence-corrected chi connectivity index (χ0v) is 17.3. The fourth-order valence-electron chi connectivity index (χ4n) is 3.10. The highest BCUT2D eigenvalue weighted by molar-refractivity contribution is 7.91. The summed E-state index contributed by atoms with van der Waals surface area (Å²) in [6.45, 7) is 4.16. The molecule has 4 rings (SSSR count). The van der Waals surface area contributed by atoms with E-state index in [9.17, 15) is 13.2 Å².